The number of hydrogen-bond donors (Lipinski definition) is 1. The van der Waals surface area contributed by atoms with Crippen LogP contribution in [0.4, 0.5) is 0 Å². The minimum Gasteiger partial charge on any atom is -0.461 e. The molecule has 1 N–H and O–H groups in total. The lowest BCUT2D eigenvalue weighted by atomic mass is 9.98. The van der Waals surface area contributed by atoms with Crippen LogP contribution in [0, 0.1) is 0 Å². The Morgan fingerprint density at radius 2 is 1.52 bits per heavy atom. The van der Waals surface area contributed by atoms with E-state index in [4.69, 9.17) is 16.3 Å². The number of halogens is 1. The van der Waals surface area contributed by atoms with Gasteiger partial charge in [0.1, 0.15) is 0 Å². The SMILES string of the molecule is CCOC(=O)c1cc(-c2ccc(Cl)cc2)n(-c2ccc(C(=O)N[C@@H](Cc3ccccc3)c3ccccc3)cc2)n1. The molecular formula is C33H28ClN3O3. The summed E-state index contributed by atoms with van der Waals surface area (Å²) >= 11 is 6.09. The van der Waals surface area contributed by atoms with Gasteiger partial charge in [-0.3, -0.25) is 4.79 Å². The van der Waals surface area contributed by atoms with Crippen LogP contribution in [0.5, 0.6) is 0 Å². The van der Waals surface area contributed by atoms with E-state index < -0.39 is 5.97 Å². The van der Waals surface area contributed by atoms with Crippen molar-refractivity contribution < 1.29 is 14.3 Å². The number of amides is 1. The van der Waals surface area contributed by atoms with Crippen molar-refractivity contribution in [3.8, 4) is 16.9 Å². The minimum atomic E-state index is -0.502. The van der Waals surface area contributed by atoms with E-state index in [-0.39, 0.29) is 24.2 Å². The summed E-state index contributed by atoms with van der Waals surface area (Å²) in [6.07, 6.45) is 0.670. The van der Waals surface area contributed by atoms with Gasteiger partial charge in [-0.2, -0.15) is 5.10 Å². The fourth-order valence-corrected chi connectivity index (χ4v) is 4.62. The fourth-order valence-electron chi connectivity index (χ4n) is 4.49. The van der Waals surface area contributed by atoms with Crippen molar-refractivity contribution in [3.63, 3.8) is 0 Å². The molecule has 1 aromatic heterocycles. The number of ether oxygens (including phenoxy) is 1. The number of rotatable bonds is 9. The van der Waals surface area contributed by atoms with Gasteiger partial charge in [0.05, 0.1) is 24.0 Å². The van der Waals surface area contributed by atoms with E-state index in [1.54, 1.807) is 41.9 Å². The number of nitrogens with zero attached hydrogens (tertiary/aromatic N) is 2. The number of hydrogen-bond acceptors (Lipinski definition) is 4. The van der Waals surface area contributed by atoms with Gasteiger partial charge >= 0.3 is 5.97 Å². The highest BCUT2D eigenvalue weighted by atomic mass is 35.5. The van der Waals surface area contributed by atoms with Crippen molar-refractivity contribution >= 4 is 23.5 Å². The van der Waals surface area contributed by atoms with Crippen LogP contribution in [-0.2, 0) is 11.2 Å². The average molecular weight is 550 g/mol. The van der Waals surface area contributed by atoms with Gasteiger partial charge in [-0.25, -0.2) is 9.48 Å². The molecule has 0 bridgehead atoms. The second-order valence-corrected chi connectivity index (χ2v) is 9.66. The molecule has 40 heavy (non-hydrogen) atoms. The Labute approximate surface area is 238 Å². The lowest BCUT2D eigenvalue weighted by Gasteiger charge is -2.20. The summed E-state index contributed by atoms with van der Waals surface area (Å²) in [5, 5.41) is 8.32. The van der Waals surface area contributed by atoms with E-state index >= 15 is 0 Å². The maximum absolute atomic E-state index is 13.3. The van der Waals surface area contributed by atoms with E-state index in [0.717, 1.165) is 16.7 Å². The van der Waals surface area contributed by atoms with Gasteiger partial charge in [0.15, 0.2) is 5.69 Å². The molecule has 5 rings (SSSR count). The molecule has 6 nitrogen and oxygen atoms in total. The monoisotopic (exact) mass is 549 g/mol. The first-order valence-electron chi connectivity index (χ1n) is 13.0. The van der Waals surface area contributed by atoms with Crippen LogP contribution in [0.25, 0.3) is 16.9 Å². The Bertz CT molecular complexity index is 1580. The van der Waals surface area contributed by atoms with E-state index in [2.05, 4.69) is 22.5 Å². The molecule has 1 heterocycles. The first-order chi connectivity index (χ1) is 19.5. The molecule has 1 atom stereocenters. The lowest BCUT2D eigenvalue weighted by Crippen LogP contribution is -2.30. The summed E-state index contributed by atoms with van der Waals surface area (Å²) in [5.41, 5.74) is 5.11. The van der Waals surface area contributed by atoms with Crippen molar-refractivity contribution in [2.45, 2.75) is 19.4 Å². The molecule has 0 saturated carbocycles. The van der Waals surface area contributed by atoms with Crippen LogP contribution in [0.1, 0.15) is 44.9 Å². The summed E-state index contributed by atoms with van der Waals surface area (Å²) in [6, 6.07) is 36.0. The van der Waals surface area contributed by atoms with Crippen molar-refractivity contribution in [1.29, 1.82) is 0 Å². The molecule has 0 saturated heterocycles. The standard InChI is InChI=1S/C33H28ClN3O3/c1-2-40-33(39)30-22-31(25-13-17-27(34)18-14-25)37(36-30)28-19-15-26(16-20-28)32(38)35-29(24-11-7-4-8-12-24)21-23-9-5-3-6-10-23/h3-20,22,29H,2,21H2,1H3,(H,35,38)/t29-/m0/s1. The second-order valence-electron chi connectivity index (χ2n) is 9.23. The van der Waals surface area contributed by atoms with Crippen molar-refractivity contribution in [3.05, 3.63) is 143 Å². The van der Waals surface area contributed by atoms with E-state index in [0.29, 0.717) is 28.4 Å². The van der Waals surface area contributed by atoms with Crippen LogP contribution < -0.4 is 5.32 Å². The van der Waals surface area contributed by atoms with Gasteiger partial charge in [0.25, 0.3) is 5.91 Å². The van der Waals surface area contributed by atoms with Gasteiger partial charge in [-0.05, 0) is 66.9 Å². The van der Waals surface area contributed by atoms with Crippen LogP contribution >= 0.6 is 11.6 Å². The number of benzene rings is 4. The number of carbonyl (C=O) groups is 2. The summed E-state index contributed by atoms with van der Waals surface area (Å²) in [6.45, 7) is 2.00. The Kier molecular flexibility index (Phi) is 8.38. The average Bonchev–Trinajstić information content (AvgIpc) is 3.44. The van der Waals surface area contributed by atoms with Gasteiger partial charge in [-0.1, -0.05) is 84.4 Å². The van der Waals surface area contributed by atoms with E-state index in [9.17, 15) is 9.59 Å². The number of aromatic nitrogens is 2. The summed E-state index contributed by atoms with van der Waals surface area (Å²) < 4.78 is 6.83. The molecule has 1 amide bonds. The van der Waals surface area contributed by atoms with Crippen LogP contribution in [0.15, 0.2) is 115 Å². The number of nitrogens with one attached hydrogen (secondary N) is 1. The quantitative estimate of drug-likeness (QED) is 0.199. The molecule has 0 aliphatic rings. The molecule has 0 fully saturated rings. The lowest BCUT2D eigenvalue weighted by molar-refractivity contribution is 0.0518. The molecule has 0 aliphatic carbocycles. The highest BCUT2D eigenvalue weighted by Crippen LogP contribution is 2.26. The molecule has 4 aromatic carbocycles. The van der Waals surface area contributed by atoms with Gasteiger partial charge in [-0.15, -0.1) is 0 Å². The van der Waals surface area contributed by atoms with Crippen molar-refractivity contribution in [2.24, 2.45) is 0 Å². The Hall–Kier alpha value is -4.68. The van der Waals surface area contributed by atoms with Crippen molar-refractivity contribution in [2.75, 3.05) is 6.61 Å². The fraction of sp³-hybridized carbons (Fsp3) is 0.121. The number of carbonyl (C=O) groups excluding carboxylic acids is 2. The maximum atomic E-state index is 13.3. The molecule has 200 valence electrons. The first kappa shape index (κ1) is 26.9. The zero-order chi connectivity index (χ0) is 27.9. The molecular weight excluding hydrogens is 522 g/mol. The summed E-state index contributed by atoms with van der Waals surface area (Å²) in [7, 11) is 0. The predicted molar refractivity (Wildman–Crippen MR) is 157 cm³/mol. The number of esters is 1. The topological polar surface area (TPSA) is 73.2 Å². The summed E-state index contributed by atoms with van der Waals surface area (Å²) in [5.74, 6) is -0.681. The molecule has 0 unspecified atom stereocenters. The third kappa shape index (κ3) is 6.30. The van der Waals surface area contributed by atoms with E-state index in [1.165, 1.54) is 0 Å². The first-order valence-corrected chi connectivity index (χ1v) is 13.4. The van der Waals surface area contributed by atoms with Gasteiger partial charge in [0, 0.05) is 16.1 Å². The van der Waals surface area contributed by atoms with Crippen LogP contribution in [0.2, 0.25) is 5.02 Å². The molecule has 5 aromatic rings. The Morgan fingerprint density at radius 1 is 0.875 bits per heavy atom. The van der Waals surface area contributed by atoms with E-state index in [1.807, 2.05) is 72.8 Å². The predicted octanol–water partition coefficient (Wildman–Crippen LogP) is 7.08. The zero-order valence-electron chi connectivity index (χ0n) is 22.0. The molecule has 0 radical (unpaired) electrons. The maximum Gasteiger partial charge on any atom is 0.358 e. The van der Waals surface area contributed by atoms with Crippen molar-refractivity contribution in [1.82, 2.24) is 15.1 Å². The molecule has 0 spiro atoms. The zero-order valence-corrected chi connectivity index (χ0v) is 22.7. The van der Waals surface area contributed by atoms with Crippen LogP contribution in [0.3, 0.4) is 0 Å². The third-order valence-corrected chi connectivity index (χ3v) is 6.75. The Balaban J connectivity index is 1.41. The van der Waals surface area contributed by atoms with Gasteiger partial charge < -0.3 is 10.1 Å². The highest BCUT2D eigenvalue weighted by Gasteiger charge is 2.19. The normalized spacial score (nSPS) is 11.6. The van der Waals surface area contributed by atoms with Gasteiger partial charge in [0.2, 0.25) is 0 Å². The molecule has 0 aliphatic heterocycles. The smallest absolute Gasteiger partial charge is 0.358 e. The summed E-state index contributed by atoms with van der Waals surface area (Å²) in [4.78, 5) is 25.8. The highest BCUT2D eigenvalue weighted by molar-refractivity contribution is 6.30. The third-order valence-electron chi connectivity index (χ3n) is 6.50. The largest absolute Gasteiger partial charge is 0.461 e. The molecule has 7 heteroatoms. The Morgan fingerprint density at radius 3 is 2.17 bits per heavy atom. The minimum absolute atomic E-state index is 0.179. The second kappa shape index (κ2) is 12.5. The van der Waals surface area contributed by atoms with Crippen LogP contribution in [-0.4, -0.2) is 28.3 Å².